The minimum Gasteiger partial charge on any atom is -0.219 e. The third-order valence-corrected chi connectivity index (χ3v) is 4.65. The monoisotopic (exact) mass is 320 g/mol. The van der Waals surface area contributed by atoms with Gasteiger partial charge in [-0.3, -0.25) is 0 Å². The summed E-state index contributed by atoms with van der Waals surface area (Å²) in [6.45, 7) is 4.11. The van der Waals surface area contributed by atoms with Gasteiger partial charge in [-0.15, -0.1) is 0 Å². The van der Waals surface area contributed by atoms with Crippen molar-refractivity contribution in [2.45, 2.75) is 20.3 Å². The normalized spacial score (nSPS) is 16.3. The summed E-state index contributed by atoms with van der Waals surface area (Å²) >= 11 is 1.61. The zero-order valence-corrected chi connectivity index (χ0v) is 13.8. The van der Waals surface area contributed by atoms with E-state index in [2.05, 4.69) is 47.3 Å². The topological polar surface area (TPSA) is 40.9 Å². The number of thiazole rings is 1. The van der Waals surface area contributed by atoms with Crippen LogP contribution in [0.15, 0.2) is 58.6 Å². The van der Waals surface area contributed by atoms with E-state index in [0.29, 0.717) is 0 Å². The standard InChI is InChI=1S/C18H16N4S/c1-12-7-9-14(10-8-12)22-17(11-13(2)21-22)20-18-19-15-5-3-4-6-16(15)23-18/h3-10H,11H2,1-2H3. The van der Waals surface area contributed by atoms with Crippen molar-refractivity contribution in [3.05, 3.63) is 54.1 Å². The molecule has 0 saturated carbocycles. The lowest BCUT2D eigenvalue weighted by Gasteiger charge is -2.15. The first kappa shape index (κ1) is 14.1. The molecule has 0 aliphatic carbocycles. The van der Waals surface area contributed by atoms with Gasteiger partial charge in [-0.2, -0.15) is 5.10 Å². The average Bonchev–Trinajstić information content (AvgIpc) is 3.11. The van der Waals surface area contributed by atoms with E-state index >= 15 is 0 Å². The Labute approximate surface area is 138 Å². The highest BCUT2D eigenvalue weighted by Crippen LogP contribution is 2.30. The summed E-state index contributed by atoms with van der Waals surface area (Å²) in [5.41, 5.74) is 4.32. The van der Waals surface area contributed by atoms with Crippen molar-refractivity contribution in [1.29, 1.82) is 0 Å². The van der Waals surface area contributed by atoms with Crippen LogP contribution in [0.4, 0.5) is 10.8 Å². The molecule has 23 heavy (non-hydrogen) atoms. The fourth-order valence-electron chi connectivity index (χ4n) is 2.57. The molecular weight excluding hydrogens is 304 g/mol. The van der Waals surface area contributed by atoms with Crippen molar-refractivity contribution in [3.8, 4) is 0 Å². The Balaban J connectivity index is 1.72. The fraction of sp³-hybridized carbons (Fsp3) is 0.167. The molecule has 0 saturated heterocycles. The largest absolute Gasteiger partial charge is 0.219 e. The molecule has 1 aromatic heterocycles. The molecule has 0 bridgehead atoms. The SMILES string of the molecule is CC1=NN(c2ccc(C)cc2)C(=Nc2nc3ccccc3s2)C1. The first-order valence-electron chi connectivity index (χ1n) is 7.53. The number of amidine groups is 1. The number of anilines is 1. The van der Waals surface area contributed by atoms with Crippen LogP contribution in [0.1, 0.15) is 18.9 Å². The van der Waals surface area contributed by atoms with Crippen LogP contribution < -0.4 is 5.01 Å². The maximum atomic E-state index is 4.76. The lowest BCUT2D eigenvalue weighted by molar-refractivity contribution is 1.14. The molecule has 4 nitrogen and oxygen atoms in total. The van der Waals surface area contributed by atoms with Crippen molar-refractivity contribution >= 4 is 43.9 Å². The molecule has 2 aromatic carbocycles. The number of hydrogen-bond acceptors (Lipinski definition) is 4. The number of rotatable bonds is 2. The molecule has 1 aliphatic heterocycles. The smallest absolute Gasteiger partial charge is 0.212 e. The first-order valence-corrected chi connectivity index (χ1v) is 8.35. The van der Waals surface area contributed by atoms with E-state index < -0.39 is 0 Å². The number of aromatic nitrogens is 1. The van der Waals surface area contributed by atoms with E-state index in [1.807, 2.05) is 30.1 Å². The van der Waals surface area contributed by atoms with Gasteiger partial charge in [-0.1, -0.05) is 41.2 Å². The van der Waals surface area contributed by atoms with Gasteiger partial charge in [0.05, 0.1) is 15.9 Å². The van der Waals surface area contributed by atoms with Crippen LogP contribution in [0.5, 0.6) is 0 Å². The van der Waals surface area contributed by atoms with Gasteiger partial charge in [0, 0.05) is 12.1 Å². The number of nitrogens with zero attached hydrogens (tertiary/aromatic N) is 4. The molecule has 0 atom stereocenters. The molecule has 0 spiro atoms. The molecular formula is C18H16N4S. The van der Waals surface area contributed by atoms with E-state index in [4.69, 9.17) is 4.99 Å². The predicted octanol–water partition coefficient (Wildman–Crippen LogP) is 4.92. The van der Waals surface area contributed by atoms with Crippen LogP contribution in [0.3, 0.4) is 0 Å². The summed E-state index contributed by atoms with van der Waals surface area (Å²) in [7, 11) is 0. The van der Waals surface area contributed by atoms with Gasteiger partial charge in [0.15, 0.2) is 0 Å². The summed E-state index contributed by atoms with van der Waals surface area (Å²) in [4.78, 5) is 9.36. The minimum absolute atomic E-state index is 0.754. The predicted molar refractivity (Wildman–Crippen MR) is 98.1 cm³/mol. The number of benzene rings is 2. The van der Waals surface area contributed by atoms with Crippen LogP contribution in [0.2, 0.25) is 0 Å². The van der Waals surface area contributed by atoms with Crippen LogP contribution in [0.25, 0.3) is 10.2 Å². The molecule has 114 valence electrons. The molecule has 0 radical (unpaired) electrons. The number of hydrogen-bond donors (Lipinski definition) is 0. The van der Waals surface area contributed by atoms with Gasteiger partial charge in [-0.05, 0) is 38.1 Å². The zero-order chi connectivity index (χ0) is 15.8. The quantitative estimate of drug-likeness (QED) is 0.672. The molecule has 1 aliphatic rings. The summed E-state index contributed by atoms with van der Waals surface area (Å²) in [5, 5.41) is 7.31. The van der Waals surface area contributed by atoms with Crippen LogP contribution in [0, 0.1) is 6.92 Å². The second kappa shape index (κ2) is 5.59. The Morgan fingerprint density at radius 2 is 1.83 bits per heavy atom. The Morgan fingerprint density at radius 3 is 2.61 bits per heavy atom. The van der Waals surface area contributed by atoms with Gasteiger partial charge in [-0.25, -0.2) is 15.0 Å². The number of hydrazone groups is 1. The van der Waals surface area contributed by atoms with E-state index in [0.717, 1.165) is 39.0 Å². The molecule has 2 heterocycles. The number of aliphatic imine (C=N–C) groups is 1. The van der Waals surface area contributed by atoms with Gasteiger partial charge < -0.3 is 0 Å². The highest BCUT2D eigenvalue weighted by atomic mass is 32.1. The zero-order valence-electron chi connectivity index (χ0n) is 13.0. The molecule has 0 amide bonds. The minimum atomic E-state index is 0.754. The second-order valence-electron chi connectivity index (χ2n) is 5.65. The summed E-state index contributed by atoms with van der Waals surface area (Å²) in [6.07, 6.45) is 0.754. The van der Waals surface area contributed by atoms with Gasteiger partial charge in [0.25, 0.3) is 0 Å². The fourth-order valence-corrected chi connectivity index (χ4v) is 3.42. The Bertz CT molecular complexity index is 889. The highest BCUT2D eigenvalue weighted by Gasteiger charge is 2.21. The lowest BCUT2D eigenvalue weighted by atomic mass is 10.2. The van der Waals surface area contributed by atoms with Crippen LogP contribution >= 0.6 is 11.3 Å². The lowest BCUT2D eigenvalue weighted by Crippen LogP contribution is -2.19. The number of para-hydroxylation sites is 1. The Morgan fingerprint density at radius 1 is 1.04 bits per heavy atom. The van der Waals surface area contributed by atoms with E-state index in [1.165, 1.54) is 5.56 Å². The summed E-state index contributed by atoms with van der Waals surface area (Å²) < 4.78 is 1.16. The van der Waals surface area contributed by atoms with Gasteiger partial charge in [0.2, 0.25) is 5.13 Å². The second-order valence-corrected chi connectivity index (χ2v) is 6.66. The van der Waals surface area contributed by atoms with Crippen LogP contribution in [-0.2, 0) is 0 Å². The summed E-state index contributed by atoms with van der Waals surface area (Å²) in [5.74, 6) is 0.922. The number of fused-ring (bicyclic) bond motifs is 1. The maximum Gasteiger partial charge on any atom is 0.212 e. The highest BCUT2D eigenvalue weighted by molar-refractivity contribution is 7.22. The molecule has 5 heteroatoms. The van der Waals surface area contributed by atoms with E-state index in [1.54, 1.807) is 11.3 Å². The van der Waals surface area contributed by atoms with E-state index in [9.17, 15) is 0 Å². The molecule has 3 aromatic rings. The van der Waals surface area contributed by atoms with Crippen molar-refractivity contribution < 1.29 is 0 Å². The third-order valence-electron chi connectivity index (χ3n) is 3.71. The van der Waals surface area contributed by atoms with Gasteiger partial charge >= 0.3 is 0 Å². The van der Waals surface area contributed by atoms with Crippen molar-refractivity contribution in [1.82, 2.24) is 4.98 Å². The Kier molecular flexibility index (Phi) is 3.42. The summed E-state index contributed by atoms with van der Waals surface area (Å²) in [6, 6.07) is 16.5. The van der Waals surface area contributed by atoms with Crippen LogP contribution in [-0.4, -0.2) is 16.5 Å². The van der Waals surface area contributed by atoms with Gasteiger partial charge in [0.1, 0.15) is 5.84 Å². The van der Waals surface area contributed by atoms with Crippen molar-refractivity contribution in [3.63, 3.8) is 0 Å². The molecule has 0 fully saturated rings. The Hall–Kier alpha value is -2.53. The maximum absolute atomic E-state index is 4.76. The molecule has 0 N–H and O–H groups in total. The number of aryl methyl sites for hydroxylation is 1. The third kappa shape index (κ3) is 2.75. The van der Waals surface area contributed by atoms with Crippen molar-refractivity contribution in [2.75, 3.05) is 5.01 Å². The average molecular weight is 320 g/mol. The molecule has 0 unspecified atom stereocenters. The van der Waals surface area contributed by atoms with E-state index in [-0.39, 0.29) is 0 Å². The molecule has 4 rings (SSSR count). The van der Waals surface area contributed by atoms with Crippen molar-refractivity contribution in [2.24, 2.45) is 10.1 Å². The first-order chi connectivity index (χ1) is 11.2.